The monoisotopic (exact) mass is 441 g/mol. The zero-order valence-electron chi connectivity index (χ0n) is 17.9. The second kappa shape index (κ2) is 8.75. The van der Waals surface area contributed by atoms with Gasteiger partial charge < -0.3 is 9.15 Å². The Kier molecular flexibility index (Phi) is 6.05. The summed E-state index contributed by atoms with van der Waals surface area (Å²) in [7, 11) is -4.08. The fraction of sp³-hybridized carbons (Fsp3) is 0.375. The van der Waals surface area contributed by atoms with Crippen LogP contribution in [0.3, 0.4) is 0 Å². The molecule has 0 aliphatic heterocycles. The fourth-order valence-corrected chi connectivity index (χ4v) is 5.53. The zero-order valence-corrected chi connectivity index (χ0v) is 18.7. The first-order valence-corrected chi connectivity index (χ1v) is 12.2. The van der Waals surface area contributed by atoms with E-state index in [1.54, 1.807) is 30.3 Å². The van der Waals surface area contributed by atoms with Crippen molar-refractivity contribution in [3.8, 4) is 5.75 Å². The van der Waals surface area contributed by atoms with Gasteiger partial charge in [0.25, 0.3) is 10.0 Å². The standard InChI is InChI=1S/C24H27NO5S/c1-3-7-24(26)25(31(27,28)19-13-11-18(12-14-19)29-4-2)17-10-15-23-21(16-17)20-8-5-6-9-22(20)30-23/h10-16H,3-9H2,1-2H3. The second-order valence-electron chi connectivity index (χ2n) is 7.71. The van der Waals surface area contributed by atoms with E-state index in [0.717, 1.165) is 52.3 Å². The number of aryl methyl sites for hydroxylation is 2. The molecule has 0 unspecified atom stereocenters. The average Bonchev–Trinajstić information content (AvgIpc) is 3.13. The van der Waals surface area contributed by atoms with Gasteiger partial charge in [-0.15, -0.1) is 0 Å². The molecular formula is C24H27NO5S. The highest BCUT2D eigenvalue weighted by molar-refractivity contribution is 7.93. The van der Waals surface area contributed by atoms with Crippen LogP contribution in [0, 0.1) is 0 Å². The van der Waals surface area contributed by atoms with Crippen molar-refractivity contribution < 1.29 is 22.4 Å². The van der Waals surface area contributed by atoms with Gasteiger partial charge in [0.1, 0.15) is 17.1 Å². The highest BCUT2D eigenvalue weighted by atomic mass is 32.2. The van der Waals surface area contributed by atoms with E-state index in [1.165, 1.54) is 12.1 Å². The van der Waals surface area contributed by atoms with Crippen molar-refractivity contribution in [3.05, 3.63) is 53.8 Å². The molecule has 164 valence electrons. The van der Waals surface area contributed by atoms with E-state index in [0.29, 0.717) is 24.5 Å². The van der Waals surface area contributed by atoms with E-state index in [2.05, 4.69) is 0 Å². The molecule has 31 heavy (non-hydrogen) atoms. The summed E-state index contributed by atoms with van der Waals surface area (Å²) in [4.78, 5) is 13.0. The van der Waals surface area contributed by atoms with Crippen molar-refractivity contribution in [1.29, 1.82) is 0 Å². The van der Waals surface area contributed by atoms with Crippen molar-refractivity contribution in [1.82, 2.24) is 0 Å². The molecule has 0 N–H and O–H groups in total. The molecule has 7 heteroatoms. The van der Waals surface area contributed by atoms with Gasteiger partial charge in [-0.1, -0.05) is 6.92 Å². The number of carbonyl (C=O) groups excluding carboxylic acids is 1. The maximum absolute atomic E-state index is 13.5. The number of carbonyl (C=O) groups is 1. The number of hydrogen-bond donors (Lipinski definition) is 0. The number of nitrogens with zero attached hydrogens (tertiary/aromatic N) is 1. The number of ether oxygens (including phenoxy) is 1. The number of benzene rings is 2. The van der Waals surface area contributed by atoms with Crippen LogP contribution in [-0.2, 0) is 27.7 Å². The second-order valence-corrected chi connectivity index (χ2v) is 9.50. The van der Waals surface area contributed by atoms with Gasteiger partial charge in [0.2, 0.25) is 5.91 Å². The molecule has 0 bridgehead atoms. The summed E-state index contributed by atoms with van der Waals surface area (Å²) in [6.07, 6.45) is 4.65. The maximum Gasteiger partial charge on any atom is 0.270 e. The highest BCUT2D eigenvalue weighted by Crippen LogP contribution is 2.36. The Morgan fingerprint density at radius 1 is 1.06 bits per heavy atom. The van der Waals surface area contributed by atoms with E-state index in [9.17, 15) is 13.2 Å². The molecule has 1 aliphatic carbocycles. The van der Waals surface area contributed by atoms with Crippen molar-refractivity contribution in [3.63, 3.8) is 0 Å². The lowest BCUT2D eigenvalue weighted by molar-refractivity contribution is -0.117. The van der Waals surface area contributed by atoms with Crippen LogP contribution in [0.15, 0.2) is 51.8 Å². The first-order chi connectivity index (χ1) is 15.0. The minimum Gasteiger partial charge on any atom is -0.494 e. The zero-order chi connectivity index (χ0) is 22.0. The number of amides is 1. The minimum atomic E-state index is -4.08. The summed E-state index contributed by atoms with van der Waals surface area (Å²) < 4.78 is 39.4. The summed E-state index contributed by atoms with van der Waals surface area (Å²) in [6.45, 7) is 4.21. The predicted octanol–water partition coefficient (Wildman–Crippen LogP) is 5.23. The van der Waals surface area contributed by atoms with Gasteiger partial charge >= 0.3 is 0 Å². The molecule has 4 rings (SSSR count). The van der Waals surface area contributed by atoms with Crippen molar-refractivity contribution in [2.45, 2.75) is 57.3 Å². The van der Waals surface area contributed by atoms with E-state index in [-0.39, 0.29) is 11.3 Å². The SMILES string of the molecule is CCCC(=O)N(c1ccc2oc3c(c2c1)CCCC3)S(=O)(=O)c1ccc(OCC)cc1. The highest BCUT2D eigenvalue weighted by Gasteiger charge is 2.31. The number of furan rings is 1. The van der Waals surface area contributed by atoms with Gasteiger partial charge in [0, 0.05) is 23.8 Å². The maximum atomic E-state index is 13.5. The van der Waals surface area contributed by atoms with Crippen molar-refractivity contribution in [2.24, 2.45) is 0 Å². The molecule has 6 nitrogen and oxygen atoms in total. The topological polar surface area (TPSA) is 76.8 Å². The lowest BCUT2D eigenvalue weighted by Gasteiger charge is -2.23. The van der Waals surface area contributed by atoms with E-state index >= 15 is 0 Å². The van der Waals surface area contributed by atoms with Crippen LogP contribution >= 0.6 is 0 Å². The van der Waals surface area contributed by atoms with Crippen LogP contribution in [0.4, 0.5) is 5.69 Å². The molecule has 0 saturated carbocycles. The van der Waals surface area contributed by atoms with E-state index in [4.69, 9.17) is 9.15 Å². The van der Waals surface area contributed by atoms with Crippen LogP contribution in [0.2, 0.25) is 0 Å². The number of rotatable bonds is 7. The Morgan fingerprint density at radius 2 is 1.81 bits per heavy atom. The Bertz CT molecular complexity index is 1190. The fourth-order valence-electron chi connectivity index (χ4n) is 4.09. The number of anilines is 1. The molecule has 1 aromatic heterocycles. The number of fused-ring (bicyclic) bond motifs is 3. The summed E-state index contributed by atoms with van der Waals surface area (Å²) in [6, 6.07) is 11.4. The van der Waals surface area contributed by atoms with Gasteiger partial charge in [0.15, 0.2) is 0 Å². The third kappa shape index (κ3) is 4.06. The minimum absolute atomic E-state index is 0.0507. The van der Waals surface area contributed by atoms with Gasteiger partial charge in [0.05, 0.1) is 17.2 Å². The lowest BCUT2D eigenvalue weighted by Crippen LogP contribution is -2.36. The molecule has 1 heterocycles. The van der Waals surface area contributed by atoms with Crippen molar-refractivity contribution in [2.75, 3.05) is 10.9 Å². The summed E-state index contributed by atoms with van der Waals surface area (Å²) in [5.41, 5.74) is 2.20. The van der Waals surface area contributed by atoms with Crippen LogP contribution in [-0.4, -0.2) is 20.9 Å². The molecule has 1 amide bonds. The summed E-state index contributed by atoms with van der Waals surface area (Å²) in [5.74, 6) is 1.10. The Balaban J connectivity index is 1.80. The molecule has 0 atom stereocenters. The molecule has 0 spiro atoms. The molecule has 2 aromatic carbocycles. The summed E-state index contributed by atoms with van der Waals surface area (Å²) in [5, 5.41) is 0.892. The average molecular weight is 442 g/mol. The smallest absolute Gasteiger partial charge is 0.270 e. The number of hydrogen-bond acceptors (Lipinski definition) is 5. The third-order valence-electron chi connectivity index (χ3n) is 5.54. The molecule has 0 radical (unpaired) electrons. The first-order valence-electron chi connectivity index (χ1n) is 10.8. The van der Waals surface area contributed by atoms with E-state index < -0.39 is 15.9 Å². The van der Waals surface area contributed by atoms with Crippen LogP contribution in [0.25, 0.3) is 11.0 Å². The Morgan fingerprint density at radius 3 is 2.52 bits per heavy atom. The number of sulfonamides is 1. The first kappa shape index (κ1) is 21.4. The van der Waals surface area contributed by atoms with E-state index in [1.807, 2.05) is 13.8 Å². The van der Waals surface area contributed by atoms with Gasteiger partial charge in [-0.25, -0.2) is 12.7 Å². The molecule has 0 fully saturated rings. The normalized spacial score (nSPS) is 13.7. The molecule has 1 aliphatic rings. The van der Waals surface area contributed by atoms with Gasteiger partial charge in [-0.05, 0) is 75.1 Å². The lowest BCUT2D eigenvalue weighted by atomic mass is 9.96. The van der Waals surface area contributed by atoms with Gasteiger partial charge in [-0.3, -0.25) is 4.79 Å². The largest absolute Gasteiger partial charge is 0.494 e. The molecule has 3 aromatic rings. The van der Waals surface area contributed by atoms with Gasteiger partial charge in [-0.2, -0.15) is 0 Å². The molecule has 0 saturated heterocycles. The third-order valence-corrected chi connectivity index (χ3v) is 7.30. The predicted molar refractivity (Wildman–Crippen MR) is 120 cm³/mol. The summed E-state index contributed by atoms with van der Waals surface area (Å²) >= 11 is 0. The van der Waals surface area contributed by atoms with Crippen LogP contribution in [0.1, 0.15) is 50.9 Å². The van der Waals surface area contributed by atoms with Crippen LogP contribution in [0.5, 0.6) is 5.75 Å². The Hall–Kier alpha value is -2.80. The quantitative estimate of drug-likeness (QED) is 0.502. The molecular weight excluding hydrogens is 414 g/mol. The van der Waals surface area contributed by atoms with Crippen molar-refractivity contribution >= 4 is 32.6 Å². The van der Waals surface area contributed by atoms with Crippen LogP contribution < -0.4 is 9.04 Å². The Labute approximate surface area is 182 Å².